The minimum Gasteiger partial charge on any atom is -0.491 e. The molecule has 0 bridgehead atoms. The minimum atomic E-state index is -0.723. The maximum atomic E-state index is 14.1. The van der Waals surface area contributed by atoms with Crippen LogP contribution in [-0.2, 0) is 15.9 Å². The van der Waals surface area contributed by atoms with Gasteiger partial charge in [0.25, 0.3) is 11.8 Å². The molecule has 1 atom stereocenters. The number of methoxy groups -OCH3 is 1. The van der Waals surface area contributed by atoms with E-state index in [0.29, 0.717) is 60.6 Å². The average molecular weight is 805 g/mol. The molecule has 3 aromatic carbocycles. The number of guanidine groups is 1. The molecule has 0 saturated carbocycles. The summed E-state index contributed by atoms with van der Waals surface area (Å²) in [6, 6.07) is 12.6. The van der Waals surface area contributed by atoms with E-state index in [2.05, 4.69) is 20.9 Å². The molecule has 0 heterocycles. The quantitative estimate of drug-likeness (QED) is 0.0340. The molecule has 15 heteroatoms. The second kappa shape index (κ2) is 21.5. The van der Waals surface area contributed by atoms with E-state index < -0.39 is 29.5 Å². The molecule has 3 aromatic rings. The molecule has 15 nitrogen and oxygen atoms in total. The van der Waals surface area contributed by atoms with E-state index in [-0.39, 0.29) is 58.9 Å². The Kier molecular flexibility index (Phi) is 17.2. The Bertz CT molecular complexity index is 1930. The lowest BCUT2D eigenvalue weighted by atomic mass is 10.0. The number of aliphatic imine (C=N–C) groups is 1. The zero-order valence-corrected chi connectivity index (χ0v) is 35.4. The number of hydrogen-bond acceptors (Lipinski definition) is 10. The molecule has 58 heavy (non-hydrogen) atoms. The number of hydrogen-bond donors (Lipinski definition) is 5. The van der Waals surface area contributed by atoms with Gasteiger partial charge in [0, 0.05) is 17.7 Å². The van der Waals surface area contributed by atoms with Gasteiger partial charge in [-0.25, -0.2) is 9.59 Å². The third-order valence-electron chi connectivity index (χ3n) is 8.20. The highest BCUT2D eigenvalue weighted by Gasteiger charge is 2.23. The number of amides is 3. The third kappa shape index (κ3) is 14.8. The SMILES string of the molecule is CCC(C)Oc1cc(C(=O)OC)ccc1NC(=O)c1cc(CCCCN=C(N)N)c(NC(=O)c2ccc(NC(=O)OC(C)(C)C)c(OC(C)C)c2)c(OCC(C)C)c1. The number of rotatable bonds is 19. The maximum absolute atomic E-state index is 14.1. The Hall–Kier alpha value is -5.99. The standard InChI is InChI=1S/C43H60N6O9/c1-11-27(6)57-35-22-30(40(52)54-10)16-18-32(35)47-39(51)31-20-28(14-12-13-19-46-41(44)45)37(36(23-31)55-24-25(2)3)49-38(50)29-15-17-33(34(21-29)56-26(4)5)48-42(53)58-43(7,8)9/h15-18,20-23,25-27H,11-14,19,24H2,1-10H3,(H,47,51)(H,48,53)(H,49,50)(H4,44,45,46). The summed E-state index contributed by atoms with van der Waals surface area (Å²) < 4.78 is 28.7. The Morgan fingerprint density at radius 2 is 1.36 bits per heavy atom. The van der Waals surface area contributed by atoms with Crippen LogP contribution >= 0.6 is 0 Å². The summed E-state index contributed by atoms with van der Waals surface area (Å²) in [5, 5.41) is 8.67. The zero-order valence-electron chi connectivity index (χ0n) is 35.4. The Morgan fingerprint density at radius 3 is 1.97 bits per heavy atom. The van der Waals surface area contributed by atoms with Gasteiger partial charge in [-0.2, -0.15) is 0 Å². The van der Waals surface area contributed by atoms with Gasteiger partial charge in [0.15, 0.2) is 5.96 Å². The van der Waals surface area contributed by atoms with Gasteiger partial charge >= 0.3 is 12.1 Å². The van der Waals surface area contributed by atoms with E-state index in [1.165, 1.54) is 19.2 Å². The van der Waals surface area contributed by atoms with Gasteiger partial charge in [-0.05, 0) is 127 Å². The van der Waals surface area contributed by atoms with Gasteiger partial charge < -0.3 is 45.8 Å². The molecule has 0 radical (unpaired) electrons. The number of unbranched alkanes of at least 4 members (excludes halogenated alkanes) is 1. The topological polar surface area (TPSA) is 215 Å². The molecule has 3 amide bonds. The number of benzene rings is 3. The van der Waals surface area contributed by atoms with Crippen molar-refractivity contribution in [1.82, 2.24) is 0 Å². The molecule has 0 fully saturated rings. The fourth-order valence-electron chi connectivity index (χ4n) is 5.33. The first-order valence-corrected chi connectivity index (χ1v) is 19.5. The highest BCUT2D eigenvalue weighted by Crippen LogP contribution is 2.35. The molecule has 0 aliphatic heterocycles. The summed E-state index contributed by atoms with van der Waals surface area (Å²) >= 11 is 0. The van der Waals surface area contributed by atoms with Crippen molar-refractivity contribution in [2.75, 3.05) is 36.2 Å². The predicted octanol–water partition coefficient (Wildman–Crippen LogP) is 7.92. The summed E-state index contributed by atoms with van der Waals surface area (Å²) in [7, 11) is 1.29. The third-order valence-corrected chi connectivity index (χ3v) is 8.20. The van der Waals surface area contributed by atoms with Gasteiger partial charge in [-0.15, -0.1) is 0 Å². The van der Waals surface area contributed by atoms with Crippen LogP contribution in [0.5, 0.6) is 17.2 Å². The van der Waals surface area contributed by atoms with Crippen LogP contribution in [0, 0.1) is 5.92 Å². The molecule has 0 spiro atoms. The zero-order chi connectivity index (χ0) is 43.2. The van der Waals surface area contributed by atoms with Crippen molar-refractivity contribution in [2.45, 2.75) is 106 Å². The van der Waals surface area contributed by atoms with Crippen LogP contribution in [0.1, 0.15) is 118 Å². The second-order valence-electron chi connectivity index (χ2n) is 15.4. The first-order valence-electron chi connectivity index (χ1n) is 19.5. The maximum Gasteiger partial charge on any atom is 0.412 e. The largest absolute Gasteiger partial charge is 0.491 e. The van der Waals surface area contributed by atoms with E-state index in [0.717, 1.165) is 0 Å². The van der Waals surface area contributed by atoms with Crippen LogP contribution in [-0.4, -0.2) is 67.9 Å². The minimum absolute atomic E-state index is 0.0135. The summed E-state index contributed by atoms with van der Waals surface area (Å²) in [6.45, 7) is 17.4. The molecule has 1 unspecified atom stereocenters. The van der Waals surface area contributed by atoms with Crippen LogP contribution in [0.25, 0.3) is 0 Å². The molecular formula is C43H60N6O9. The lowest BCUT2D eigenvalue weighted by molar-refractivity contribution is 0.0597. The fraction of sp³-hybridized carbons (Fsp3) is 0.465. The molecule has 3 rings (SSSR count). The van der Waals surface area contributed by atoms with Crippen molar-refractivity contribution in [2.24, 2.45) is 22.4 Å². The van der Waals surface area contributed by atoms with Gasteiger partial charge in [0.1, 0.15) is 22.8 Å². The van der Waals surface area contributed by atoms with E-state index in [1.807, 2.05) is 41.5 Å². The van der Waals surface area contributed by atoms with Crippen molar-refractivity contribution < 1.29 is 42.9 Å². The van der Waals surface area contributed by atoms with Crippen molar-refractivity contribution >= 4 is 46.9 Å². The number of anilines is 3. The molecular weight excluding hydrogens is 745 g/mol. The Morgan fingerprint density at radius 1 is 0.759 bits per heavy atom. The van der Waals surface area contributed by atoms with Crippen LogP contribution in [0.4, 0.5) is 21.9 Å². The molecule has 0 aromatic heterocycles. The van der Waals surface area contributed by atoms with Crippen LogP contribution < -0.4 is 41.6 Å². The second-order valence-corrected chi connectivity index (χ2v) is 15.4. The van der Waals surface area contributed by atoms with Crippen molar-refractivity contribution in [1.29, 1.82) is 0 Å². The van der Waals surface area contributed by atoms with Crippen molar-refractivity contribution in [3.63, 3.8) is 0 Å². The lowest BCUT2D eigenvalue weighted by Gasteiger charge is -2.22. The fourth-order valence-corrected chi connectivity index (χ4v) is 5.33. The van der Waals surface area contributed by atoms with E-state index >= 15 is 0 Å². The van der Waals surface area contributed by atoms with Crippen LogP contribution in [0.2, 0.25) is 0 Å². The monoisotopic (exact) mass is 804 g/mol. The summed E-state index contributed by atoms with van der Waals surface area (Å²) in [6.07, 6.45) is 1.18. The van der Waals surface area contributed by atoms with Gasteiger partial charge in [-0.3, -0.25) is 19.9 Å². The van der Waals surface area contributed by atoms with Gasteiger partial charge in [0.05, 0.1) is 48.6 Å². The summed E-state index contributed by atoms with van der Waals surface area (Å²) in [4.78, 5) is 57.1. The average Bonchev–Trinajstić information content (AvgIpc) is 3.14. The normalized spacial score (nSPS) is 11.7. The molecule has 0 aliphatic carbocycles. The van der Waals surface area contributed by atoms with E-state index in [9.17, 15) is 19.2 Å². The summed E-state index contributed by atoms with van der Waals surface area (Å²) in [5.74, 6) is -0.544. The van der Waals surface area contributed by atoms with Gasteiger partial charge in [0.2, 0.25) is 0 Å². The highest BCUT2D eigenvalue weighted by molar-refractivity contribution is 6.09. The lowest BCUT2D eigenvalue weighted by Crippen LogP contribution is -2.27. The number of nitrogens with zero attached hydrogens (tertiary/aromatic N) is 1. The molecule has 316 valence electrons. The van der Waals surface area contributed by atoms with Crippen molar-refractivity contribution in [3.8, 4) is 17.2 Å². The molecule has 0 aliphatic rings. The highest BCUT2D eigenvalue weighted by atomic mass is 16.6. The molecule has 0 saturated heterocycles. The Labute approximate surface area is 341 Å². The Balaban J connectivity index is 2.10. The number of nitrogens with one attached hydrogen (secondary N) is 3. The van der Waals surface area contributed by atoms with Crippen LogP contribution in [0.15, 0.2) is 53.5 Å². The van der Waals surface area contributed by atoms with E-state index in [4.69, 9.17) is 35.2 Å². The van der Waals surface area contributed by atoms with Crippen LogP contribution in [0.3, 0.4) is 0 Å². The van der Waals surface area contributed by atoms with Crippen molar-refractivity contribution in [3.05, 3.63) is 70.8 Å². The smallest absolute Gasteiger partial charge is 0.412 e. The number of ether oxygens (including phenoxy) is 5. The number of aryl methyl sites for hydroxylation is 1. The molecule has 7 N–H and O–H groups in total. The summed E-state index contributed by atoms with van der Waals surface area (Å²) in [5.41, 5.74) is 12.8. The number of carbonyl (C=O) groups is 4. The van der Waals surface area contributed by atoms with Gasteiger partial charge in [-0.1, -0.05) is 20.8 Å². The first kappa shape index (κ1) is 46.4. The number of esters is 1. The first-order chi connectivity index (χ1) is 27.3. The van der Waals surface area contributed by atoms with E-state index in [1.54, 1.807) is 57.2 Å². The number of carbonyl (C=O) groups excluding carboxylic acids is 4. The number of nitrogens with two attached hydrogens (primary N) is 2. The predicted molar refractivity (Wildman–Crippen MR) is 227 cm³/mol.